The number of methoxy groups -OCH3 is 1. The summed E-state index contributed by atoms with van der Waals surface area (Å²) in [4.78, 5) is 22.5. The second-order valence-electron chi connectivity index (χ2n) is 8.52. The van der Waals surface area contributed by atoms with Crippen LogP contribution in [0.1, 0.15) is 25.2 Å². The Labute approximate surface area is 199 Å². The average molecular weight is 471 g/mol. The number of benzene rings is 2. The van der Waals surface area contributed by atoms with Crippen molar-refractivity contribution in [3.63, 3.8) is 0 Å². The fraction of sp³-hybridized carbons (Fsp3) is 0.192. The lowest BCUT2D eigenvalue weighted by Crippen LogP contribution is -2.19. The van der Waals surface area contributed by atoms with Crippen LogP contribution in [0.2, 0.25) is 0 Å². The third-order valence-corrected chi connectivity index (χ3v) is 6.41. The molecule has 0 fully saturated rings. The molecule has 0 radical (unpaired) electrons. The third-order valence-electron chi connectivity index (χ3n) is 6.41. The Morgan fingerprint density at radius 3 is 2.71 bits per heavy atom. The van der Waals surface area contributed by atoms with Gasteiger partial charge in [0.25, 0.3) is 0 Å². The number of nitrogens with zero attached hydrogens (tertiary/aromatic N) is 3. The molecule has 1 aliphatic heterocycles. The zero-order chi connectivity index (χ0) is 24.3. The smallest absolute Gasteiger partial charge is 0.156 e. The largest absolute Gasteiger partial charge is 0.496 e. The first kappa shape index (κ1) is 21.5. The first-order valence-corrected chi connectivity index (χ1v) is 11.2. The number of aromatic nitrogens is 4. The predicted octanol–water partition coefficient (Wildman–Crippen LogP) is 4.62. The van der Waals surface area contributed by atoms with E-state index >= 15 is 0 Å². The molecule has 0 saturated heterocycles. The number of aliphatic hydroxyl groups is 1. The van der Waals surface area contributed by atoms with E-state index in [1.807, 2.05) is 26.0 Å². The Hall–Kier alpha value is -4.08. The Bertz CT molecular complexity index is 1680. The third kappa shape index (κ3) is 3.31. The van der Waals surface area contributed by atoms with Crippen LogP contribution in [0.15, 0.2) is 48.4 Å². The minimum atomic E-state index is -0.366. The Balaban J connectivity index is 1.70. The van der Waals surface area contributed by atoms with E-state index < -0.39 is 0 Å². The standard InChI is InChI=1S/C26H22FN5O3/c1-12-23(13(2)35-32-12)18-9-20-17(10-21(18)34-3)24-25(30-22(11-33)31-26(24)29-20)15-6-7-28-19-5-4-14(27)8-16(15)19/h4-10,12,32-33H,11H2,1-3H3,(H,29,30,31). The van der Waals surface area contributed by atoms with Gasteiger partial charge in [-0.15, -0.1) is 5.48 Å². The van der Waals surface area contributed by atoms with Gasteiger partial charge in [-0.2, -0.15) is 0 Å². The van der Waals surface area contributed by atoms with Crippen LogP contribution in [0.5, 0.6) is 5.75 Å². The van der Waals surface area contributed by atoms with Crippen molar-refractivity contribution in [2.24, 2.45) is 0 Å². The van der Waals surface area contributed by atoms with Gasteiger partial charge in [0.1, 0.15) is 29.6 Å². The summed E-state index contributed by atoms with van der Waals surface area (Å²) in [7, 11) is 1.63. The molecule has 9 heteroatoms. The van der Waals surface area contributed by atoms with Gasteiger partial charge in [0.05, 0.1) is 29.7 Å². The van der Waals surface area contributed by atoms with Crippen LogP contribution in [0, 0.1) is 5.82 Å². The molecule has 5 aromatic rings. The monoisotopic (exact) mass is 471 g/mol. The van der Waals surface area contributed by atoms with E-state index in [1.54, 1.807) is 25.4 Å². The SMILES string of the molecule is COc1cc2c(cc1C1=C(C)ONC1C)[nH]c1nc(CO)nc(-c3ccnc4ccc(F)cc34)c12. The molecule has 3 aromatic heterocycles. The van der Waals surface area contributed by atoms with E-state index in [0.717, 1.165) is 33.2 Å². The van der Waals surface area contributed by atoms with Crippen molar-refractivity contribution in [1.29, 1.82) is 0 Å². The molecular weight excluding hydrogens is 449 g/mol. The highest BCUT2D eigenvalue weighted by Crippen LogP contribution is 2.41. The van der Waals surface area contributed by atoms with Crippen LogP contribution in [-0.2, 0) is 11.4 Å². The lowest BCUT2D eigenvalue weighted by Gasteiger charge is -2.13. The highest BCUT2D eigenvalue weighted by atomic mass is 19.1. The van der Waals surface area contributed by atoms with Gasteiger partial charge in [-0.1, -0.05) is 0 Å². The molecule has 8 nitrogen and oxygen atoms in total. The molecule has 0 aliphatic carbocycles. The van der Waals surface area contributed by atoms with Crippen molar-refractivity contribution in [3.05, 3.63) is 65.6 Å². The summed E-state index contributed by atoms with van der Waals surface area (Å²) in [5, 5.41) is 12.1. The number of ether oxygens (including phenoxy) is 1. The molecule has 2 aromatic carbocycles. The maximum atomic E-state index is 14.2. The molecule has 35 heavy (non-hydrogen) atoms. The van der Waals surface area contributed by atoms with Crippen molar-refractivity contribution >= 4 is 38.4 Å². The molecule has 4 heterocycles. The molecule has 0 amide bonds. The predicted molar refractivity (Wildman–Crippen MR) is 131 cm³/mol. The van der Waals surface area contributed by atoms with Crippen LogP contribution in [0.3, 0.4) is 0 Å². The number of hydrogen-bond acceptors (Lipinski definition) is 7. The molecule has 3 N–H and O–H groups in total. The summed E-state index contributed by atoms with van der Waals surface area (Å²) in [6.45, 7) is 3.59. The Kier molecular flexibility index (Phi) is 4.91. The first-order valence-electron chi connectivity index (χ1n) is 11.2. The number of halogens is 1. The van der Waals surface area contributed by atoms with Crippen molar-refractivity contribution in [1.82, 2.24) is 25.4 Å². The van der Waals surface area contributed by atoms with Gasteiger partial charge < -0.3 is 19.7 Å². The van der Waals surface area contributed by atoms with Gasteiger partial charge in [0.2, 0.25) is 0 Å². The highest BCUT2D eigenvalue weighted by Gasteiger charge is 2.27. The van der Waals surface area contributed by atoms with Crippen LogP contribution >= 0.6 is 0 Å². The lowest BCUT2D eigenvalue weighted by atomic mass is 9.96. The fourth-order valence-electron chi connectivity index (χ4n) is 4.86. The van der Waals surface area contributed by atoms with Crippen LogP contribution in [-0.4, -0.2) is 38.2 Å². The minimum Gasteiger partial charge on any atom is -0.496 e. The number of allylic oxidation sites excluding steroid dienone is 1. The molecule has 6 rings (SSSR count). The molecule has 1 atom stereocenters. The zero-order valence-corrected chi connectivity index (χ0v) is 19.3. The van der Waals surface area contributed by atoms with Crippen LogP contribution < -0.4 is 10.2 Å². The van der Waals surface area contributed by atoms with Crippen molar-refractivity contribution in [3.8, 4) is 17.0 Å². The molecule has 1 unspecified atom stereocenters. The summed E-state index contributed by atoms with van der Waals surface area (Å²) in [6.07, 6.45) is 1.67. The lowest BCUT2D eigenvalue weighted by molar-refractivity contribution is 0.122. The Morgan fingerprint density at radius 1 is 1.11 bits per heavy atom. The number of H-pyrrole nitrogens is 1. The second kappa shape index (κ2) is 8.00. The molecule has 1 aliphatic rings. The van der Waals surface area contributed by atoms with E-state index in [2.05, 4.69) is 25.4 Å². The summed E-state index contributed by atoms with van der Waals surface area (Å²) in [5.74, 6) is 1.34. The average Bonchev–Trinajstić information content (AvgIpc) is 3.40. The summed E-state index contributed by atoms with van der Waals surface area (Å²) >= 11 is 0. The summed E-state index contributed by atoms with van der Waals surface area (Å²) < 4.78 is 20.0. The number of aliphatic hydroxyl groups excluding tert-OH is 1. The minimum absolute atomic E-state index is 0.0137. The summed E-state index contributed by atoms with van der Waals surface area (Å²) in [5.41, 5.74) is 8.19. The van der Waals surface area contributed by atoms with Gasteiger partial charge in [0.15, 0.2) is 5.82 Å². The maximum Gasteiger partial charge on any atom is 0.156 e. The normalized spacial score (nSPS) is 16.0. The van der Waals surface area contributed by atoms with E-state index in [9.17, 15) is 9.50 Å². The number of hydrogen-bond donors (Lipinski definition) is 3. The van der Waals surface area contributed by atoms with Gasteiger partial charge in [0, 0.05) is 39.2 Å². The number of rotatable bonds is 4. The maximum absolute atomic E-state index is 14.2. The van der Waals surface area contributed by atoms with Crippen molar-refractivity contribution in [2.45, 2.75) is 26.5 Å². The number of aromatic amines is 1. The number of fused-ring (bicyclic) bond motifs is 4. The first-order chi connectivity index (χ1) is 17.0. The van der Waals surface area contributed by atoms with E-state index in [-0.39, 0.29) is 24.3 Å². The molecule has 176 valence electrons. The van der Waals surface area contributed by atoms with Gasteiger partial charge in [-0.05, 0) is 50.2 Å². The zero-order valence-electron chi connectivity index (χ0n) is 19.3. The van der Waals surface area contributed by atoms with Crippen LogP contribution in [0.25, 0.3) is 49.7 Å². The molecule has 0 spiro atoms. The summed E-state index contributed by atoms with van der Waals surface area (Å²) in [6, 6.07) is 10.2. The molecule has 0 bridgehead atoms. The van der Waals surface area contributed by atoms with Crippen molar-refractivity contribution < 1.29 is 19.1 Å². The van der Waals surface area contributed by atoms with E-state index in [4.69, 9.17) is 9.57 Å². The van der Waals surface area contributed by atoms with Crippen molar-refractivity contribution in [2.75, 3.05) is 7.11 Å². The van der Waals surface area contributed by atoms with Gasteiger partial charge in [-0.3, -0.25) is 4.98 Å². The Morgan fingerprint density at radius 2 is 1.97 bits per heavy atom. The highest BCUT2D eigenvalue weighted by molar-refractivity contribution is 6.15. The number of hydroxylamine groups is 1. The van der Waals surface area contributed by atoms with E-state index in [0.29, 0.717) is 33.6 Å². The number of pyridine rings is 1. The molecule has 0 saturated carbocycles. The quantitative estimate of drug-likeness (QED) is 0.351. The van der Waals surface area contributed by atoms with Gasteiger partial charge in [-0.25, -0.2) is 14.4 Å². The molecular formula is C26H22FN5O3. The number of nitrogens with one attached hydrogen (secondary N) is 2. The second-order valence-corrected chi connectivity index (χ2v) is 8.52. The fourth-order valence-corrected chi connectivity index (χ4v) is 4.86. The van der Waals surface area contributed by atoms with Crippen LogP contribution in [0.4, 0.5) is 4.39 Å². The van der Waals surface area contributed by atoms with Gasteiger partial charge >= 0.3 is 0 Å². The van der Waals surface area contributed by atoms with E-state index in [1.165, 1.54) is 12.1 Å². The topological polar surface area (TPSA) is 105 Å².